The first kappa shape index (κ1) is 12.0. The monoisotopic (exact) mass is 282 g/mol. The Labute approximate surface area is 77.3 Å². The Hall–Kier alpha value is 1.05. The zero-order valence-electron chi connectivity index (χ0n) is 8.82. The maximum absolute atomic E-state index is 6.30. The minimum atomic E-state index is -1.74. The van der Waals surface area contributed by atoms with Gasteiger partial charge in [0.1, 0.15) is 0 Å². The van der Waals surface area contributed by atoms with E-state index in [2.05, 4.69) is 36.9 Å². The Balaban J connectivity index is 4.08. The molecule has 0 radical (unpaired) electrons. The third-order valence-corrected chi connectivity index (χ3v) is 22.7. The summed E-state index contributed by atoms with van der Waals surface area (Å²) in [6.45, 7) is 4.58. The Kier molecular flexibility index (Phi) is 4.74. The fourth-order valence-corrected chi connectivity index (χ4v) is 25.2. The van der Waals surface area contributed by atoms with Crippen molar-refractivity contribution in [3.63, 3.8) is 0 Å². The molecule has 68 valence electrons. The summed E-state index contributed by atoms with van der Waals surface area (Å²) in [6, 6.07) is 0. The summed E-state index contributed by atoms with van der Waals surface area (Å²) in [7, 11) is 0. The first-order chi connectivity index (χ1) is 4.83. The zero-order chi connectivity index (χ0) is 9.12. The molecule has 0 aliphatic heterocycles. The molecule has 0 saturated carbocycles. The van der Waals surface area contributed by atoms with Gasteiger partial charge >= 0.3 is 77.4 Å². The van der Waals surface area contributed by atoms with Crippen LogP contribution in [0.1, 0.15) is 13.8 Å². The SMILES string of the molecule is C[CH2][Ge]([CH3])([CH2]C)[O][Ge]([CH3])([CH3])[CH3]. The molecule has 0 unspecified atom stereocenters. The van der Waals surface area contributed by atoms with E-state index in [1.807, 2.05) is 0 Å². The molecule has 11 heavy (non-hydrogen) atoms. The maximum atomic E-state index is 6.30. The van der Waals surface area contributed by atoms with Crippen molar-refractivity contribution in [2.24, 2.45) is 0 Å². The molecule has 0 aromatic heterocycles. The molecule has 0 atom stereocenters. The molecular formula is C8H22Ge2O. The Bertz CT molecular complexity index is 114. The van der Waals surface area contributed by atoms with Crippen LogP contribution in [0.15, 0.2) is 0 Å². The van der Waals surface area contributed by atoms with Crippen molar-refractivity contribution in [1.29, 1.82) is 0 Å². The van der Waals surface area contributed by atoms with Gasteiger partial charge in [0.2, 0.25) is 0 Å². The number of hydrogen-bond donors (Lipinski definition) is 0. The first-order valence-electron chi connectivity index (χ1n) is 4.53. The van der Waals surface area contributed by atoms with Gasteiger partial charge in [0.05, 0.1) is 0 Å². The van der Waals surface area contributed by atoms with E-state index in [1.165, 1.54) is 10.5 Å². The van der Waals surface area contributed by atoms with Gasteiger partial charge in [-0.05, 0) is 0 Å². The normalized spacial score (nSPS) is 13.6. The second kappa shape index (κ2) is 4.33. The molecule has 0 aromatic carbocycles. The molecule has 0 aliphatic rings. The standard InChI is InChI=1S/C8H22Ge2O/c1-7-10(6,8-2)11-9(3,4)5/h7-8H2,1-6H3. The van der Waals surface area contributed by atoms with E-state index in [-0.39, 0.29) is 0 Å². The van der Waals surface area contributed by atoms with Gasteiger partial charge < -0.3 is 0 Å². The zero-order valence-corrected chi connectivity index (χ0v) is 13.0. The van der Waals surface area contributed by atoms with Crippen LogP contribution in [0.5, 0.6) is 0 Å². The average Bonchev–Trinajstić information content (AvgIpc) is 1.84. The topological polar surface area (TPSA) is 9.23 Å². The Morgan fingerprint density at radius 2 is 1.27 bits per heavy atom. The van der Waals surface area contributed by atoms with Crippen molar-refractivity contribution in [2.75, 3.05) is 0 Å². The summed E-state index contributed by atoms with van der Waals surface area (Å²) < 4.78 is 6.30. The van der Waals surface area contributed by atoms with Crippen molar-refractivity contribution in [2.45, 2.75) is 47.4 Å². The average molecular weight is 279 g/mol. The molecule has 0 bridgehead atoms. The third-order valence-electron chi connectivity index (χ3n) is 2.05. The van der Waals surface area contributed by atoms with Crippen LogP contribution in [0.3, 0.4) is 0 Å². The summed E-state index contributed by atoms with van der Waals surface area (Å²) in [5.41, 5.74) is 0. The van der Waals surface area contributed by atoms with Gasteiger partial charge in [-0.1, -0.05) is 0 Å². The Morgan fingerprint density at radius 1 is 0.909 bits per heavy atom. The van der Waals surface area contributed by atoms with E-state index in [4.69, 9.17) is 2.79 Å². The van der Waals surface area contributed by atoms with Crippen molar-refractivity contribution >= 4 is 27.2 Å². The molecule has 0 saturated heterocycles. The van der Waals surface area contributed by atoms with E-state index in [0.717, 1.165) is 0 Å². The van der Waals surface area contributed by atoms with Crippen LogP contribution < -0.4 is 0 Å². The van der Waals surface area contributed by atoms with Gasteiger partial charge in [-0.15, -0.1) is 0 Å². The van der Waals surface area contributed by atoms with Gasteiger partial charge in [0.15, 0.2) is 0 Å². The molecule has 0 fully saturated rings. The van der Waals surface area contributed by atoms with Gasteiger partial charge in [-0.2, -0.15) is 0 Å². The second-order valence-electron chi connectivity index (χ2n) is 4.37. The fraction of sp³-hybridized carbons (Fsp3) is 1.00. The molecule has 0 aromatic rings. The molecule has 0 heterocycles. The summed E-state index contributed by atoms with van der Waals surface area (Å²) in [4.78, 5) is 0. The molecule has 0 rings (SSSR count). The summed E-state index contributed by atoms with van der Waals surface area (Å²) in [6.07, 6.45) is 0. The molecule has 1 nitrogen and oxygen atoms in total. The minimum absolute atomic E-state index is 1.32. The summed E-state index contributed by atoms with van der Waals surface area (Å²) in [5, 5.41) is 2.64. The molecular weight excluding hydrogens is 257 g/mol. The molecule has 0 amide bonds. The summed E-state index contributed by atoms with van der Waals surface area (Å²) >= 11 is -3.45. The molecule has 3 heteroatoms. The number of rotatable bonds is 4. The van der Waals surface area contributed by atoms with Crippen LogP contribution in [0.2, 0.25) is 33.5 Å². The van der Waals surface area contributed by atoms with Crippen molar-refractivity contribution in [3.8, 4) is 0 Å². The van der Waals surface area contributed by atoms with E-state index < -0.39 is 27.2 Å². The number of hydrogen-bond acceptors (Lipinski definition) is 1. The first-order valence-corrected chi connectivity index (χ1v) is 17.6. The van der Waals surface area contributed by atoms with E-state index in [1.54, 1.807) is 0 Å². The quantitative estimate of drug-likeness (QED) is 0.716. The van der Waals surface area contributed by atoms with Crippen LogP contribution >= 0.6 is 0 Å². The van der Waals surface area contributed by atoms with E-state index in [0.29, 0.717) is 0 Å². The Morgan fingerprint density at radius 3 is 1.36 bits per heavy atom. The second-order valence-corrected chi connectivity index (χ2v) is 24.9. The molecule has 0 aliphatic carbocycles. The van der Waals surface area contributed by atoms with Crippen LogP contribution in [-0.2, 0) is 2.79 Å². The van der Waals surface area contributed by atoms with Crippen LogP contribution in [0.4, 0.5) is 0 Å². The summed E-state index contributed by atoms with van der Waals surface area (Å²) in [5.74, 6) is 9.44. The van der Waals surface area contributed by atoms with Crippen molar-refractivity contribution in [1.82, 2.24) is 0 Å². The van der Waals surface area contributed by atoms with Crippen molar-refractivity contribution in [3.05, 3.63) is 0 Å². The van der Waals surface area contributed by atoms with Crippen LogP contribution in [0.25, 0.3) is 0 Å². The molecule has 0 N–H and O–H groups in total. The third kappa shape index (κ3) is 5.31. The van der Waals surface area contributed by atoms with Crippen molar-refractivity contribution < 1.29 is 2.79 Å². The molecule has 0 spiro atoms. The van der Waals surface area contributed by atoms with E-state index >= 15 is 0 Å². The predicted octanol–water partition coefficient (Wildman–Crippen LogP) is 3.45. The van der Waals surface area contributed by atoms with Gasteiger partial charge in [-0.25, -0.2) is 0 Å². The van der Waals surface area contributed by atoms with Gasteiger partial charge in [-0.3, -0.25) is 0 Å². The van der Waals surface area contributed by atoms with Gasteiger partial charge in [0.25, 0.3) is 0 Å². The fourth-order valence-electron chi connectivity index (χ4n) is 1.13. The van der Waals surface area contributed by atoms with E-state index in [9.17, 15) is 0 Å². The van der Waals surface area contributed by atoms with Crippen LogP contribution in [-0.4, -0.2) is 27.2 Å². The predicted molar refractivity (Wildman–Crippen MR) is 57.0 cm³/mol. The van der Waals surface area contributed by atoms with Gasteiger partial charge in [0, 0.05) is 0 Å². The van der Waals surface area contributed by atoms with Crippen LogP contribution in [0, 0.1) is 0 Å².